The minimum Gasteiger partial charge on any atom is -0.299 e. The molecule has 0 aliphatic rings. The first kappa shape index (κ1) is 11.5. The average molecular weight is 213 g/mol. The van der Waals surface area contributed by atoms with E-state index in [1.54, 1.807) is 6.20 Å². The molecule has 1 aromatic rings. The Hall–Kier alpha value is -0.600. The molecule has 0 saturated heterocycles. The van der Waals surface area contributed by atoms with E-state index in [9.17, 15) is 0 Å². The summed E-state index contributed by atoms with van der Waals surface area (Å²) < 4.78 is 0. The van der Waals surface area contributed by atoms with Gasteiger partial charge in [-0.25, -0.2) is 4.98 Å². The lowest BCUT2D eigenvalue weighted by atomic mass is 10.2. The zero-order chi connectivity index (χ0) is 10.4. The largest absolute Gasteiger partial charge is 0.299 e. The molecule has 1 heterocycles. The quantitative estimate of drug-likeness (QED) is 0.698. The normalized spacial score (nSPS) is 10.9. The third-order valence-electron chi connectivity index (χ3n) is 2.22. The summed E-state index contributed by atoms with van der Waals surface area (Å²) in [6.07, 6.45) is 2.90. The lowest BCUT2D eigenvalue weighted by Gasteiger charge is -2.19. The summed E-state index contributed by atoms with van der Waals surface area (Å²) in [6, 6.07) is 3.97. The summed E-state index contributed by atoms with van der Waals surface area (Å²) >= 11 is 5.99. The third-order valence-corrected chi connectivity index (χ3v) is 2.56. The van der Waals surface area contributed by atoms with E-state index in [0.29, 0.717) is 5.15 Å². The molecule has 0 aromatic carbocycles. The molecule has 0 unspecified atom stereocenters. The molecule has 0 amide bonds. The highest BCUT2D eigenvalue weighted by Gasteiger charge is 2.05. The Kier molecular flexibility index (Phi) is 4.91. The molecule has 3 heteroatoms. The van der Waals surface area contributed by atoms with Gasteiger partial charge in [0, 0.05) is 18.3 Å². The topological polar surface area (TPSA) is 16.1 Å². The Bertz CT molecular complexity index is 276. The second kappa shape index (κ2) is 5.99. The van der Waals surface area contributed by atoms with Crippen LogP contribution in [-0.2, 0) is 6.54 Å². The van der Waals surface area contributed by atoms with Crippen molar-refractivity contribution in [1.82, 2.24) is 9.88 Å². The maximum Gasteiger partial charge on any atom is 0.133 e. The third kappa shape index (κ3) is 3.28. The van der Waals surface area contributed by atoms with Crippen molar-refractivity contribution in [2.45, 2.75) is 26.8 Å². The molecule has 0 aliphatic carbocycles. The summed E-state index contributed by atoms with van der Waals surface area (Å²) in [5.74, 6) is 0. The maximum atomic E-state index is 5.99. The van der Waals surface area contributed by atoms with Gasteiger partial charge in [-0.15, -0.1) is 0 Å². The Morgan fingerprint density at radius 3 is 2.79 bits per heavy atom. The zero-order valence-electron chi connectivity index (χ0n) is 8.83. The monoisotopic (exact) mass is 212 g/mol. The Morgan fingerprint density at radius 2 is 2.21 bits per heavy atom. The van der Waals surface area contributed by atoms with Crippen molar-refractivity contribution < 1.29 is 0 Å². The fourth-order valence-electron chi connectivity index (χ4n) is 1.44. The van der Waals surface area contributed by atoms with Gasteiger partial charge in [-0.2, -0.15) is 0 Å². The number of hydrogen-bond acceptors (Lipinski definition) is 2. The number of halogens is 1. The van der Waals surface area contributed by atoms with Gasteiger partial charge >= 0.3 is 0 Å². The number of hydrogen-bond donors (Lipinski definition) is 0. The van der Waals surface area contributed by atoms with E-state index in [2.05, 4.69) is 23.7 Å². The lowest BCUT2D eigenvalue weighted by molar-refractivity contribution is 0.280. The molecule has 0 atom stereocenters. The first-order chi connectivity index (χ1) is 6.77. The Morgan fingerprint density at radius 1 is 1.43 bits per heavy atom. The second-order valence-corrected chi connectivity index (χ2v) is 3.68. The summed E-state index contributed by atoms with van der Waals surface area (Å²) in [5, 5.41) is 0.627. The maximum absolute atomic E-state index is 5.99. The molecule has 14 heavy (non-hydrogen) atoms. The SMILES string of the molecule is CCCN(CC)Cc1cccnc1Cl. The lowest BCUT2D eigenvalue weighted by Crippen LogP contribution is -2.23. The molecule has 1 rings (SSSR count). The molecule has 0 fully saturated rings. The fourth-order valence-corrected chi connectivity index (χ4v) is 1.62. The number of nitrogens with zero attached hydrogens (tertiary/aromatic N) is 2. The first-order valence-corrected chi connectivity index (χ1v) is 5.47. The highest BCUT2D eigenvalue weighted by atomic mass is 35.5. The fraction of sp³-hybridized carbons (Fsp3) is 0.545. The molecule has 2 nitrogen and oxygen atoms in total. The highest BCUT2D eigenvalue weighted by Crippen LogP contribution is 2.13. The van der Waals surface area contributed by atoms with Gasteiger partial charge in [-0.3, -0.25) is 4.90 Å². The number of rotatable bonds is 5. The van der Waals surface area contributed by atoms with Crippen LogP contribution < -0.4 is 0 Å². The van der Waals surface area contributed by atoms with Crippen LogP contribution in [0.5, 0.6) is 0 Å². The van der Waals surface area contributed by atoms with Gasteiger partial charge in [-0.05, 0) is 25.6 Å². The minimum absolute atomic E-state index is 0.627. The molecule has 0 radical (unpaired) electrons. The van der Waals surface area contributed by atoms with Crippen LogP contribution in [0.4, 0.5) is 0 Å². The van der Waals surface area contributed by atoms with Crippen LogP contribution in [0.2, 0.25) is 5.15 Å². The van der Waals surface area contributed by atoms with Gasteiger partial charge in [0.25, 0.3) is 0 Å². The van der Waals surface area contributed by atoms with E-state index < -0.39 is 0 Å². The predicted octanol–water partition coefficient (Wildman–Crippen LogP) is 2.97. The van der Waals surface area contributed by atoms with Crippen molar-refractivity contribution in [3.63, 3.8) is 0 Å². The van der Waals surface area contributed by atoms with Gasteiger partial charge in [-0.1, -0.05) is 31.5 Å². The van der Waals surface area contributed by atoms with E-state index in [0.717, 1.165) is 25.2 Å². The van der Waals surface area contributed by atoms with Crippen molar-refractivity contribution in [2.75, 3.05) is 13.1 Å². The number of pyridine rings is 1. The first-order valence-electron chi connectivity index (χ1n) is 5.09. The van der Waals surface area contributed by atoms with Gasteiger partial charge < -0.3 is 0 Å². The predicted molar refractivity (Wildman–Crippen MR) is 60.5 cm³/mol. The van der Waals surface area contributed by atoms with Gasteiger partial charge in [0.05, 0.1) is 0 Å². The molecule has 0 spiro atoms. The molecule has 1 aromatic heterocycles. The van der Waals surface area contributed by atoms with Gasteiger partial charge in [0.1, 0.15) is 5.15 Å². The summed E-state index contributed by atoms with van der Waals surface area (Å²) in [7, 11) is 0. The summed E-state index contributed by atoms with van der Waals surface area (Å²) in [4.78, 5) is 6.43. The molecule has 78 valence electrons. The van der Waals surface area contributed by atoms with E-state index in [1.165, 1.54) is 6.42 Å². The summed E-state index contributed by atoms with van der Waals surface area (Å²) in [5.41, 5.74) is 1.12. The van der Waals surface area contributed by atoms with Crippen LogP contribution >= 0.6 is 11.6 Å². The highest BCUT2D eigenvalue weighted by molar-refractivity contribution is 6.30. The van der Waals surface area contributed by atoms with Crippen LogP contribution in [0.1, 0.15) is 25.8 Å². The second-order valence-electron chi connectivity index (χ2n) is 3.32. The van der Waals surface area contributed by atoms with E-state index in [1.807, 2.05) is 12.1 Å². The molecule has 0 N–H and O–H groups in total. The smallest absolute Gasteiger partial charge is 0.133 e. The molecular weight excluding hydrogens is 196 g/mol. The van der Waals surface area contributed by atoms with Crippen LogP contribution in [0, 0.1) is 0 Å². The number of aromatic nitrogens is 1. The van der Waals surface area contributed by atoms with Crippen molar-refractivity contribution in [1.29, 1.82) is 0 Å². The average Bonchev–Trinajstić information content (AvgIpc) is 2.20. The van der Waals surface area contributed by atoms with Crippen molar-refractivity contribution >= 4 is 11.6 Å². The van der Waals surface area contributed by atoms with Crippen molar-refractivity contribution in [3.8, 4) is 0 Å². The van der Waals surface area contributed by atoms with E-state index in [4.69, 9.17) is 11.6 Å². The van der Waals surface area contributed by atoms with Crippen LogP contribution in [-0.4, -0.2) is 23.0 Å². The van der Waals surface area contributed by atoms with E-state index >= 15 is 0 Å². The van der Waals surface area contributed by atoms with E-state index in [-0.39, 0.29) is 0 Å². The molecule has 0 bridgehead atoms. The molecule has 0 saturated carbocycles. The Balaban J connectivity index is 2.62. The van der Waals surface area contributed by atoms with Crippen LogP contribution in [0.25, 0.3) is 0 Å². The Labute approximate surface area is 90.9 Å². The zero-order valence-corrected chi connectivity index (χ0v) is 9.59. The van der Waals surface area contributed by atoms with Gasteiger partial charge in [0.2, 0.25) is 0 Å². The van der Waals surface area contributed by atoms with Crippen molar-refractivity contribution in [2.24, 2.45) is 0 Å². The van der Waals surface area contributed by atoms with Gasteiger partial charge in [0.15, 0.2) is 0 Å². The van der Waals surface area contributed by atoms with Crippen molar-refractivity contribution in [3.05, 3.63) is 29.0 Å². The van der Waals surface area contributed by atoms with Crippen LogP contribution in [0.15, 0.2) is 18.3 Å². The minimum atomic E-state index is 0.627. The standard InChI is InChI=1S/C11H17ClN2/c1-3-8-14(4-2)9-10-6-5-7-13-11(10)12/h5-7H,3-4,8-9H2,1-2H3. The molecular formula is C11H17ClN2. The molecule has 0 aliphatic heterocycles. The summed E-state index contributed by atoms with van der Waals surface area (Å²) in [6.45, 7) is 7.42. The van der Waals surface area contributed by atoms with Crippen LogP contribution in [0.3, 0.4) is 0 Å².